The molecule has 0 spiro atoms. The Balaban J connectivity index is 1.98. The maximum Gasteiger partial charge on any atom is 0.113 e. The van der Waals surface area contributed by atoms with Gasteiger partial charge in [0.15, 0.2) is 0 Å². The van der Waals surface area contributed by atoms with E-state index in [0.29, 0.717) is 0 Å². The number of aryl methyl sites for hydroxylation is 1. The Morgan fingerprint density at radius 3 is 1.67 bits per heavy atom. The van der Waals surface area contributed by atoms with E-state index in [4.69, 9.17) is 7.85 Å². The van der Waals surface area contributed by atoms with Crippen LogP contribution in [0.4, 0.5) is 0 Å². The lowest BCUT2D eigenvalue weighted by Gasteiger charge is -1.94. The lowest BCUT2D eigenvalue weighted by molar-refractivity contribution is 1.46. The summed E-state index contributed by atoms with van der Waals surface area (Å²) in [6.07, 6.45) is 8.23. The average Bonchev–Trinajstić information content (AvgIpc) is 2.39. The van der Waals surface area contributed by atoms with Crippen molar-refractivity contribution in [2.24, 2.45) is 0 Å². The van der Waals surface area contributed by atoms with Gasteiger partial charge in [0.1, 0.15) is 7.85 Å². The third-order valence-electron chi connectivity index (χ3n) is 2.70. The number of hydrogen-bond acceptors (Lipinski definition) is 0. The Morgan fingerprint density at radius 1 is 0.722 bits per heavy atom. The predicted octanol–water partition coefficient (Wildman–Crippen LogP) is 3.52. The van der Waals surface area contributed by atoms with Crippen molar-refractivity contribution in [3.05, 3.63) is 77.4 Å². The van der Waals surface area contributed by atoms with Crippen LogP contribution < -0.4 is 5.46 Å². The van der Waals surface area contributed by atoms with Crippen LogP contribution in [-0.2, 0) is 0 Å². The van der Waals surface area contributed by atoms with Crippen LogP contribution in [0.25, 0.3) is 12.2 Å². The lowest BCUT2D eigenvalue weighted by Crippen LogP contribution is -1.98. The van der Waals surface area contributed by atoms with Gasteiger partial charge in [-0.05, 0) is 18.1 Å². The quantitative estimate of drug-likeness (QED) is 0.559. The smallest absolute Gasteiger partial charge is 0.0966 e. The Bertz CT molecular complexity index is 492. The summed E-state index contributed by atoms with van der Waals surface area (Å²) in [7, 11) is 5.63. The van der Waals surface area contributed by atoms with Crippen molar-refractivity contribution in [3.8, 4) is 0 Å². The number of benzene rings is 2. The standard InChI is InChI=1S/C17H15B/c1-14-6-8-15(9-7-14)4-2-3-5-16-10-12-17(18)13-11-16/h2-13H,1H3/b4-2+,5-3+. The molecule has 86 valence electrons. The van der Waals surface area contributed by atoms with Crippen molar-refractivity contribution in [3.63, 3.8) is 0 Å². The first-order valence-corrected chi connectivity index (χ1v) is 6.01. The van der Waals surface area contributed by atoms with Gasteiger partial charge >= 0.3 is 0 Å². The predicted molar refractivity (Wildman–Crippen MR) is 81.1 cm³/mol. The summed E-state index contributed by atoms with van der Waals surface area (Å²) in [6.45, 7) is 2.09. The van der Waals surface area contributed by atoms with Gasteiger partial charge in [-0.1, -0.05) is 83.9 Å². The average molecular weight is 230 g/mol. The van der Waals surface area contributed by atoms with E-state index < -0.39 is 0 Å². The van der Waals surface area contributed by atoms with E-state index in [1.807, 2.05) is 36.4 Å². The molecule has 0 fully saturated rings. The first-order valence-electron chi connectivity index (χ1n) is 6.01. The molecule has 2 aromatic carbocycles. The minimum absolute atomic E-state index is 0.794. The molecule has 0 saturated carbocycles. The molecule has 0 saturated heterocycles. The van der Waals surface area contributed by atoms with Crippen LogP contribution in [0.3, 0.4) is 0 Å². The Hall–Kier alpha value is -2.02. The van der Waals surface area contributed by atoms with Crippen LogP contribution in [0.1, 0.15) is 16.7 Å². The molecule has 0 heterocycles. The van der Waals surface area contributed by atoms with E-state index in [0.717, 1.165) is 11.0 Å². The zero-order chi connectivity index (χ0) is 12.8. The van der Waals surface area contributed by atoms with E-state index in [2.05, 4.69) is 43.3 Å². The summed E-state index contributed by atoms with van der Waals surface area (Å²) >= 11 is 0. The van der Waals surface area contributed by atoms with Gasteiger partial charge in [0, 0.05) is 0 Å². The summed E-state index contributed by atoms with van der Waals surface area (Å²) < 4.78 is 0. The molecule has 0 unspecified atom stereocenters. The van der Waals surface area contributed by atoms with Gasteiger partial charge in [-0.2, -0.15) is 0 Å². The molecule has 18 heavy (non-hydrogen) atoms. The van der Waals surface area contributed by atoms with Crippen LogP contribution in [0, 0.1) is 6.92 Å². The van der Waals surface area contributed by atoms with Gasteiger partial charge in [-0.3, -0.25) is 0 Å². The molecule has 0 amide bonds. The molecule has 0 bridgehead atoms. The van der Waals surface area contributed by atoms with Crippen molar-refractivity contribution in [1.29, 1.82) is 0 Å². The SMILES string of the molecule is [B]c1ccc(/C=C/C=C/c2ccc(C)cc2)cc1. The molecule has 0 N–H and O–H groups in total. The third-order valence-corrected chi connectivity index (χ3v) is 2.70. The highest BCUT2D eigenvalue weighted by atomic mass is 13.9. The Labute approximate surface area is 110 Å². The van der Waals surface area contributed by atoms with E-state index in [1.54, 1.807) is 0 Å². The molecular weight excluding hydrogens is 215 g/mol. The van der Waals surface area contributed by atoms with E-state index >= 15 is 0 Å². The fourth-order valence-electron chi connectivity index (χ4n) is 1.62. The van der Waals surface area contributed by atoms with Crippen LogP contribution in [0.2, 0.25) is 0 Å². The summed E-state index contributed by atoms with van der Waals surface area (Å²) in [5.74, 6) is 0. The highest BCUT2D eigenvalue weighted by Gasteiger charge is 1.86. The molecule has 0 atom stereocenters. The fourth-order valence-corrected chi connectivity index (χ4v) is 1.62. The van der Waals surface area contributed by atoms with E-state index in [9.17, 15) is 0 Å². The van der Waals surface area contributed by atoms with Crippen molar-refractivity contribution in [2.75, 3.05) is 0 Å². The second-order valence-electron chi connectivity index (χ2n) is 4.30. The van der Waals surface area contributed by atoms with Crippen molar-refractivity contribution in [1.82, 2.24) is 0 Å². The Morgan fingerprint density at radius 2 is 1.17 bits per heavy atom. The Kier molecular flexibility index (Phi) is 4.19. The van der Waals surface area contributed by atoms with E-state index in [-0.39, 0.29) is 0 Å². The monoisotopic (exact) mass is 230 g/mol. The maximum atomic E-state index is 5.63. The molecule has 2 radical (unpaired) electrons. The number of allylic oxidation sites excluding steroid dienone is 2. The van der Waals surface area contributed by atoms with Crippen molar-refractivity contribution >= 4 is 25.5 Å². The minimum Gasteiger partial charge on any atom is -0.0966 e. The van der Waals surface area contributed by atoms with E-state index in [1.165, 1.54) is 11.1 Å². The molecule has 2 aromatic rings. The molecule has 0 aliphatic rings. The lowest BCUT2D eigenvalue weighted by atomic mass is 9.95. The highest BCUT2D eigenvalue weighted by Crippen LogP contribution is 2.06. The van der Waals surface area contributed by atoms with Gasteiger partial charge in [-0.15, -0.1) is 0 Å². The zero-order valence-electron chi connectivity index (χ0n) is 10.5. The molecule has 0 aliphatic heterocycles. The van der Waals surface area contributed by atoms with Gasteiger partial charge in [0.05, 0.1) is 0 Å². The first-order chi connectivity index (χ1) is 8.74. The molecule has 1 heteroatoms. The molecule has 0 aromatic heterocycles. The van der Waals surface area contributed by atoms with Crippen LogP contribution >= 0.6 is 0 Å². The third kappa shape index (κ3) is 3.78. The summed E-state index contributed by atoms with van der Waals surface area (Å²) in [4.78, 5) is 0. The summed E-state index contributed by atoms with van der Waals surface area (Å²) in [5, 5.41) is 0. The topological polar surface area (TPSA) is 0 Å². The normalized spacial score (nSPS) is 11.4. The van der Waals surface area contributed by atoms with Crippen LogP contribution in [0.5, 0.6) is 0 Å². The number of rotatable bonds is 3. The molecular formula is C17H15B. The van der Waals surface area contributed by atoms with Crippen LogP contribution in [-0.4, -0.2) is 7.85 Å². The second kappa shape index (κ2) is 6.06. The highest BCUT2D eigenvalue weighted by molar-refractivity contribution is 6.32. The van der Waals surface area contributed by atoms with Gasteiger partial charge in [-0.25, -0.2) is 0 Å². The first kappa shape index (κ1) is 12.4. The van der Waals surface area contributed by atoms with Crippen molar-refractivity contribution < 1.29 is 0 Å². The zero-order valence-corrected chi connectivity index (χ0v) is 10.5. The van der Waals surface area contributed by atoms with Gasteiger partial charge in [0.25, 0.3) is 0 Å². The molecule has 2 rings (SSSR count). The van der Waals surface area contributed by atoms with Gasteiger partial charge < -0.3 is 0 Å². The fraction of sp³-hybridized carbons (Fsp3) is 0.0588. The van der Waals surface area contributed by atoms with Gasteiger partial charge in [0.2, 0.25) is 0 Å². The second-order valence-corrected chi connectivity index (χ2v) is 4.30. The molecule has 0 nitrogen and oxygen atoms in total. The largest absolute Gasteiger partial charge is 0.113 e. The van der Waals surface area contributed by atoms with Crippen LogP contribution in [0.15, 0.2) is 60.7 Å². The molecule has 0 aliphatic carbocycles. The maximum absolute atomic E-state index is 5.63. The summed E-state index contributed by atoms with van der Waals surface area (Å²) in [6, 6.07) is 16.3. The number of hydrogen-bond donors (Lipinski definition) is 0. The minimum atomic E-state index is 0.794. The van der Waals surface area contributed by atoms with Crippen molar-refractivity contribution in [2.45, 2.75) is 6.92 Å². The summed E-state index contributed by atoms with van der Waals surface area (Å²) in [5.41, 5.74) is 4.44.